The molecule has 0 aliphatic heterocycles. The molecule has 1 aliphatic rings. The van der Waals surface area contributed by atoms with Crippen molar-refractivity contribution in [3.8, 4) is 0 Å². The van der Waals surface area contributed by atoms with Gasteiger partial charge in [-0.15, -0.1) is 0 Å². The van der Waals surface area contributed by atoms with Crippen LogP contribution < -0.4 is 0 Å². The van der Waals surface area contributed by atoms with Crippen LogP contribution in [0.15, 0.2) is 16.7 Å². The number of halogens is 1. The van der Waals surface area contributed by atoms with E-state index in [-0.39, 0.29) is 0 Å². The highest BCUT2D eigenvalue weighted by Gasteiger charge is 2.29. The van der Waals surface area contributed by atoms with Crippen molar-refractivity contribution in [2.24, 2.45) is 0 Å². The second-order valence-electron chi connectivity index (χ2n) is 3.38. The fourth-order valence-electron chi connectivity index (χ4n) is 1.55. The molecule has 3 heteroatoms. The molecule has 1 aromatic carbocycles. The van der Waals surface area contributed by atoms with Gasteiger partial charge in [-0.1, -0.05) is 16.8 Å². The summed E-state index contributed by atoms with van der Waals surface area (Å²) in [5.74, 6) is 0.571. The predicted molar refractivity (Wildman–Crippen MR) is 49.8 cm³/mol. The van der Waals surface area contributed by atoms with E-state index in [1.54, 1.807) is 12.1 Å². The molecule has 1 radical (unpaired) electrons. The topological polar surface area (TPSA) is 26.0 Å². The Bertz CT molecular complexity index is 459. The Morgan fingerprint density at radius 1 is 1.46 bits per heavy atom. The lowest BCUT2D eigenvalue weighted by Gasteiger charge is -1.92. The van der Waals surface area contributed by atoms with Gasteiger partial charge >= 0.3 is 0 Å². The first kappa shape index (κ1) is 7.39. The van der Waals surface area contributed by atoms with Gasteiger partial charge in [-0.25, -0.2) is 0 Å². The fraction of sp³-hybridized carbons (Fsp3) is 0.300. The highest BCUT2D eigenvalue weighted by atomic mass is 35.5. The molecule has 1 fully saturated rings. The van der Waals surface area contributed by atoms with Crippen molar-refractivity contribution in [1.29, 1.82) is 0 Å². The number of fused-ring (bicyclic) bond motifs is 1. The standard InChI is InChI=1S/C10H7ClNO/c11-7-2-1-3-8-9(7)10(12-13-8)6-4-5-6/h2-3,6H,4-5H2. The van der Waals surface area contributed by atoms with E-state index in [0.29, 0.717) is 10.9 Å². The lowest BCUT2D eigenvalue weighted by Crippen LogP contribution is -1.79. The van der Waals surface area contributed by atoms with Crippen molar-refractivity contribution in [3.63, 3.8) is 0 Å². The lowest BCUT2D eigenvalue weighted by molar-refractivity contribution is 0.446. The quantitative estimate of drug-likeness (QED) is 0.694. The Hall–Kier alpha value is -1.02. The van der Waals surface area contributed by atoms with E-state index < -0.39 is 0 Å². The van der Waals surface area contributed by atoms with Gasteiger partial charge in [0.2, 0.25) is 0 Å². The molecule has 3 rings (SSSR count). The normalized spacial score (nSPS) is 16.7. The Morgan fingerprint density at radius 2 is 2.31 bits per heavy atom. The zero-order valence-corrected chi connectivity index (χ0v) is 7.64. The third-order valence-corrected chi connectivity index (χ3v) is 2.67. The summed E-state index contributed by atoms with van der Waals surface area (Å²) in [4.78, 5) is 0. The van der Waals surface area contributed by atoms with Crippen molar-refractivity contribution < 1.29 is 4.52 Å². The van der Waals surface area contributed by atoms with Gasteiger partial charge in [0.15, 0.2) is 5.58 Å². The van der Waals surface area contributed by atoms with E-state index in [4.69, 9.17) is 16.1 Å². The molecule has 13 heavy (non-hydrogen) atoms. The van der Waals surface area contributed by atoms with E-state index >= 15 is 0 Å². The van der Waals surface area contributed by atoms with Crippen LogP contribution in [0.3, 0.4) is 0 Å². The van der Waals surface area contributed by atoms with Crippen LogP contribution in [0.2, 0.25) is 5.02 Å². The molecule has 1 saturated carbocycles. The Labute approximate surface area is 80.5 Å². The smallest absolute Gasteiger partial charge is 0.169 e. The molecule has 0 bridgehead atoms. The van der Waals surface area contributed by atoms with Gasteiger partial charge in [0, 0.05) is 5.92 Å². The first-order valence-electron chi connectivity index (χ1n) is 4.31. The summed E-state index contributed by atoms with van der Waals surface area (Å²) in [7, 11) is 0. The van der Waals surface area contributed by atoms with Gasteiger partial charge in [-0.2, -0.15) is 0 Å². The molecule has 1 aliphatic carbocycles. The number of hydrogen-bond acceptors (Lipinski definition) is 2. The van der Waals surface area contributed by atoms with Gasteiger partial charge in [0.1, 0.15) is 0 Å². The molecule has 0 N–H and O–H groups in total. The maximum Gasteiger partial charge on any atom is 0.169 e. The Kier molecular flexibility index (Phi) is 1.41. The highest BCUT2D eigenvalue weighted by molar-refractivity contribution is 6.35. The summed E-state index contributed by atoms with van der Waals surface area (Å²) < 4.78 is 5.17. The van der Waals surface area contributed by atoms with Crippen LogP contribution in [-0.4, -0.2) is 5.16 Å². The van der Waals surface area contributed by atoms with Crippen LogP contribution in [0, 0.1) is 6.07 Å². The molecular formula is C10H7ClNO. The van der Waals surface area contributed by atoms with Crippen LogP contribution in [0.1, 0.15) is 24.5 Å². The van der Waals surface area contributed by atoms with E-state index in [9.17, 15) is 0 Å². The molecule has 0 atom stereocenters. The van der Waals surface area contributed by atoms with Crippen molar-refractivity contribution in [3.05, 3.63) is 28.9 Å². The van der Waals surface area contributed by atoms with Crippen LogP contribution in [0.5, 0.6) is 0 Å². The minimum absolute atomic E-state index is 0.571. The largest absolute Gasteiger partial charge is 0.356 e. The molecule has 2 aromatic rings. The molecule has 65 valence electrons. The summed E-state index contributed by atoms with van der Waals surface area (Å²) in [6.07, 6.45) is 2.41. The summed E-state index contributed by atoms with van der Waals surface area (Å²) in [5.41, 5.74) is 1.77. The zero-order valence-electron chi connectivity index (χ0n) is 6.88. The maximum absolute atomic E-state index is 6.04. The Balaban J connectivity index is 2.34. The SMILES string of the molecule is Clc1c[c]cc2onc(C3CC3)c12. The summed E-state index contributed by atoms with van der Waals surface area (Å²) >= 11 is 6.04. The minimum atomic E-state index is 0.571. The first-order valence-corrected chi connectivity index (χ1v) is 4.69. The van der Waals surface area contributed by atoms with E-state index in [1.165, 1.54) is 12.8 Å². The third kappa shape index (κ3) is 1.05. The van der Waals surface area contributed by atoms with Crippen LogP contribution in [0.4, 0.5) is 0 Å². The molecule has 0 spiro atoms. The van der Waals surface area contributed by atoms with Crippen LogP contribution in [-0.2, 0) is 0 Å². The van der Waals surface area contributed by atoms with Gasteiger partial charge in [0.25, 0.3) is 0 Å². The van der Waals surface area contributed by atoms with Crippen LogP contribution >= 0.6 is 11.6 Å². The van der Waals surface area contributed by atoms with E-state index in [0.717, 1.165) is 16.7 Å². The van der Waals surface area contributed by atoms with E-state index in [2.05, 4.69) is 11.2 Å². The van der Waals surface area contributed by atoms with Gasteiger partial charge in [0.05, 0.1) is 16.1 Å². The van der Waals surface area contributed by atoms with Gasteiger partial charge < -0.3 is 4.52 Å². The number of aromatic nitrogens is 1. The van der Waals surface area contributed by atoms with Gasteiger partial charge in [-0.05, 0) is 31.0 Å². The predicted octanol–water partition coefficient (Wildman–Crippen LogP) is 3.16. The summed E-state index contributed by atoms with van der Waals surface area (Å²) in [5, 5.41) is 5.71. The van der Waals surface area contributed by atoms with Crippen LogP contribution in [0.25, 0.3) is 11.0 Å². The molecule has 2 nitrogen and oxygen atoms in total. The second kappa shape index (κ2) is 2.48. The lowest BCUT2D eigenvalue weighted by atomic mass is 10.1. The van der Waals surface area contributed by atoms with Crippen molar-refractivity contribution in [2.45, 2.75) is 18.8 Å². The average Bonchev–Trinajstić information content (AvgIpc) is 2.87. The highest BCUT2D eigenvalue weighted by Crippen LogP contribution is 2.43. The molecule has 0 unspecified atom stereocenters. The summed E-state index contributed by atoms with van der Waals surface area (Å²) in [6, 6.07) is 6.45. The molecule has 0 saturated heterocycles. The summed E-state index contributed by atoms with van der Waals surface area (Å²) in [6.45, 7) is 0. The van der Waals surface area contributed by atoms with Crippen molar-refractivity contribution >= 4 is 22.6 Å². The number of benzene rings is 1. The van der Waals surface area contributed by atoms with Gasteiger partial charge in [-0.3, -0.25) is 0 Å². The molecule has 0 amide bonds. The maximum atomic E-state index is 6.04. The van der Waals surface area contributed by atoms with Crippen molar-refractivity contribution in [1.82, 2.24) is 5.16 Å². The number of hydrogen-bond donors (Lipinski definition) is 0. The Morgan fingerprint density at radius 3 is 3.08 bits per heavy atom. The number of rotatable bonds is 1. The molecular weight excluding hydrogens is 186 g/mol. The van der Waals surface area contributed by atoms with Crippen molar-refractivity contribution in [2.75, 3.05) is 0 Å². The second-order valence-corrected chi connectivity index (χ2v) is 3.79. The monoisotopic (exact) mass is 192 g/mol. The van der Waals surface area contributed by atoms with E-state index in [1.807, 2.05) is 0 Å². The molecule has 1 aromatic heterocycles. The number of nitrogens with zero attached hydrogens (tertiary/aromatic N) is 1. The third-order valence-electron chi connectivity index (χ3n) is 2.37. The fourth-order valence-corrected chi connectivity index (χ4v) is 1.81. The zero-order chi connectivity index (χ0) is 8.84. The molecule has 1 heterocycles. The minimum Gasteiger partial charge on any atom is -0.356 e. The first-order chi connectivity index (χ1) is 6.36. The average molecular weight is 193 g/mol.